The summed E-state index contributed by atoms with van der Waals surface area (Å²) >= 11 is -0.179. The Balaban J connectivity index is 1.26. The summed E-state index contributed by atoms with van der Waals surface area (Å²) in [4.78, 5) is 18.7. The molecule has 1 N–H and O–H groups in total. The van der Waals surface area contributed by atoms with Crippen molar-refractivity contribution < 1.29 is 18.0 Å². The van der Waals surface area contributed by atoms with Crippen LogP contribution in [0.2, 0.25) is 0 Å². The lowest BCUT2D eigenvalue weighted by atomic mass is 9.99. The monoisotopic (exact) mass is 480 g/mol. The zero-order valence-electron chi connectivity index (χ0n) is 18.4. The molecular weight excluding hydrogens is 453 g/mol. The maximum atomic E-state index is 12.5. The van der Waals surface area contributed by atoms with Crippen LogP contribution in [-0.4, -0.2) is 65.9 Å². The Morgan fingerprint density at radius 1 is 0.909 bits per heavy atom. The number of nitrogens with zero attached hydrogens (tertiary/aromatic N) is 5. The van der Waals surface area contributed by atoms with Gasteiger partial charge in [0.05, 0.1) is 0 Å². The van der Waals surface area contributed by atoms with Crippen LogP contribution in [0.3, 0.4) is 0 Å². The van der Waals surface area contributed by atoms with Crippen LogP contribution in [0.25, 0.3) is 0 Å². The van der Waals surface area contributed by atoms with Crippen LogP contribution in [0.4, 0.5) is 35.3 Å². The molecule has 33 heavy (non-hydrogen) atoms. The number of hydrogen-bond donors (Lipinski definition) is 1. The van der Waals surface area contributed by atoms with E-state index in [2.05, 4.69) is 32.2 Å². The van der Waals surface area contributed by atoms with Gasteiger partial charge in [0.1, 0.15) is 0 Å². The van der Waals surface area contributed by atoms with E-state index >= 15 is 0 Å². The second-order valence-corrected chi connectivity index (χ2v) is 9.53. The van der Waals surface area contributed by atoms with Gasteiger partial charge in [0.2, 0.25) is 0 Å². The molecule has 0 aliphatic carbocycles. The highest BCUT2D eigenvalue weighted by Gasteiger charge is 2.29. The Kier molecular flexibility index (Phi) is 7.16. The van der Waals surface area contributed by atoms with Gasteiger partial charge < -0.3 is 20.0 Å². The van der Waals surface area contributed by atoms with Crippen LogP contribution in [0.5, 0.6) is 0 Å². The first-order valence-electron chi connectivity index (χ1n) is 11.0. The van der Waals surface area contributed by atoms with Gasteiger partial charge in [-0.3, -0.25) is 0 Å². The van der Waals surface area contributed by atoms with Crippen LogP contribution in [0, 0.1) is 5.92 Å². The fourth-order valence-electron chi connectivity index (χ4n) is 3.97. The second-order valence-electron chi connectivity index (χ2n) is 8.40. The number of alkyl halides is 3. The van der Waals surface area contributed by atoms with Gasteiger partial charge in [-0.25, -0.2) is 4.79 Å². The van der Waals surface area contributed by atoms with Crippen LogP contribution in [0.1, 0.15) is 19.8 Å². The maximum absolute atomic E-state index is 12.5. The Morgan fingerprint density at radius 3 is 1.97 bits per heavy atom. The lowest BCUT2D eigenvalue weighted by molar-refractivity contribution is -0.0328. The summed E-state index contributed by atoms with van der Waals surface area (Å²) in [6.07, 6.45) is 2.34. The summed E-state index contributed by atoms with van der Waals surface area (Å²) in [5.41, 5.74) is -3.87. The average molecular weight is 481 g/mol. The number of amides is 2. The number of nitrogens with one attached hydrogen (secondary N) is 1. The van der Waals surface area contributed by atoms with E-state index in [1.165, 1.54) is 37.1 Å². The van der Waals surface area contributed by atoms with Crippen molar-refractivity contribution in [2.45, 2.75) is 30.2 Å². The lowest BCUT2D eigenvalue weighted by Gasteiger charge is -2.35. The van der Waals surface area contributed by atoms with E-state index in [-0.39, 0.29) is 22.7 Å². The first-order chi connectivity index (χ1) is 15.8. The molecule has 1 aromatic heterocycles. The molecule has 0 unspecified atom stereocenters. The van der Waals surface area contributed by atoms with Crippen molar-refractivity contribution in [1.29, 1.82) is 0 Å². The summed E-state index contributed by atoms with van der Waals surface area (Å²) in [6, 6.07) is 9.36. The Morgan fingerprint density at radius 2 is 1.45 bits per heavy atom. The highest BCUT2D eigenvalue weighted by atomic mass is 32.2. The van der Waals surface area contributed by atoms with Gasteiger partial charge in [-0.05, 0) is 66.9 Å². The summed E-state index contributed by atoms with van der Waals surface area (Å²) in [5, 5.41) is 11.6. The lowest BCUT2D eigenvalue weighted by Crippen LogP contribution is -2.50. The van der Waals surface area contributed by atoms with Gasteiger partial charge in [-0.1, -0.05) is 6.92 Å². The maximum Gasteiger partial charge on any atom is 0.446 e. The highest BCUT2D eigenvalue weighted by molar-refractivity contribution is 8.00. The van der Waals surface area contributed by atoms with Gasteiger partial charge in [0.25, 0.3) is 0 Å². The van der Waals surface area contributed by atoms with Gasteiger partial charge in [-0.2, -0.15) is 13.2 Å². The summed E-state index contributed by atoms with van der Waals surface area (Å²) in [7, 11) is 0. The Hall–Kier alpha value is -2.69. The van der Waals surface area contributed by atoms with E-state index in [4.69, 9.17) is 0 Å². The van der Waals surface area contributed by atoms with E-state index < -0.39 is 5.51 Å². The van der Waals surface area contributed by atoms with Crippen LogP contribution >= 0.6 is 11.8 Å². The van der Waals surface area contributed by atoms with Crippen molar-refractivity contribution in [3.8, 4) is 0 Å². The number of anilines is 3. The number of hydrogen-bond acceptors (Lipinski definition) is 6. The minimum Gasteiger partial charge on any atom is -0.355 e. The van der Waals surface area contributed by atoms with Crippen molar-refractivity contribution in [3.05, 3.63) is 36.4 Å². The van der Waals surface area contributed by atoms with E-state index in [0.29, 0.717) is 31.9 Å². The first kappa shape index (κ1) is 23.5. The zero-order valence-corrected chi connectivity index (χ0v) is 19.2. The molecule has 0 saturated carbocycles. The van der Waals surface area contributed by atoms with Crippen molar-refractivity contribution in [2.75, 3.05) is 54.4 Å². The number of piperazine rings is 1. The number of halogens is 3. The molecule has 0 radical (unpaired) electrons. The van der Waals surface area contributed by atoms with E-state index in [1.54, 1.807) is 4.90 Å². The SMILES string of the molecule is CC1CCN(c2ccc(N3CCN(C(=O)Nc4ccc(SC(F)(F)F)cc4)CC3)nn2)CC1. The smallest absolute Gasteiger partial charge is 0.355 e. The van der Waals surface area contributed by atoms with Crippen molar-refractivity contribution >= 4 is 35.1 Å². The standard InChI is InChI=1S/C22H27F3N6OS/c1-16-8-10-29(11-9-16)19-6-7-20(28-27-19)30-12-14-31(15-13-30)21(32)26-17-2-4-18(5-3-17)33-22(23,24)25/h2-7,16H,8-15H2,1H3,(H,26,32). The number of rotatable bonds is 4. The third kappa shape index (κ3) is 6.43. The van der Waals surface area contributed by atoms with Crippen molar-refractivity contribution in [2.24, 2.45) is 5.92 Å². The number of thioether (sulfide) groups is 1. The first-order valence-corrected chi connectivity index (χ1v) is 11.8. The molecule has 0 spiro atoms. The van der Waals surface area contributed by atoms with E-state index in [1.807, 2.05) is 12.1 Å². The molecule has 2 amide bonds. The number of aromatic nitrogens is 2. The number of carbonyl (C=O) groups is 1. The molecular formula is C22H27F3N6OS. The molecule has 178 valence electrons. The largest absolute Gasteiger partial charge is 0.446 e. The quantitative estimate of drug-likeness (QED) is 0.642. The average Bonchev–Trinajstić information content (AvgIpc) is 2.80. The molecule has 0 bridgehead atoms. The van der Waals surface area contributed by atoms with Crippen molar-refractivity contribution in [1.82, 2.24) is 15.1 Å². The molecule has 2 aromatic rings. The highest BCUT2D eigenvalue weighted by Crippen LogP contribution is 2.37. The van der Waals surface area contributed by atoms with Gasteiger partial charge >= 0.3 is 11.5 Å². The number of benzene rings is 1. The molecule has 1 aromatic carbocycles. The topological polar surface area (TPSA) is 64.6 Å². The molecule has 3 heterocycles. The van der Waals surface area contributed by atoms with Crippen LogP contribution in [-0.2, 0) is 0 Å². The Bertz CT molecular complexity index is 925. The van der Waals surface area contributed by atoms with Crippen molar-refractivity contribution in [3.63, 3.8) is 0 Å². The Labute approximate surface area is 195 Å². The van der Waals surface area contributed by atoms with Gasteiger partial charge in [0.15, 0.2) is 11.6 Å². The molecule has 7 nitrogen and oxygen atoms in total. The predicted molar refractivity (Wildman–Crippen MR) is 124 cm³/mol. The minimum absolute atomic E-state index is 0.0797. The van der Waals surface area contributed by atoms with E-state index in [9.17, 15) is 18.0 Å². The number of piperidine rings is 1. The fraction of sp³-hybridized carbons (Fsp3) is 0.500. The molecule has 2 saturated heterocycles. The zero-order chi connectivity index (χ0) is 23.4. The molecule has 2 aliphatic heterocycles. The van der Waals surface area contributed by atoms with Gasteiger partial charge in [0, 0.05) is 49.9 Å². The number of urea groups is 1. The summed E-state index contributed by atoms with van der Waals surface area (Å²) in [6.45, 7) is 6.58. The predicted octanol–water partition coefficient (Wildman–Crippen LogP) is 4.68. The second kappa shape index (κ2) is 10.1. The molecule has 2 fully saturated rings. The molecule has 0 atom stereocenters. The third-order valence-electron chi connectivity index (χ3n) is 5.97. The molecule has 11 heteroatoms. The minimum atomic E-state index is -4.33. The normalized spacial score (nSPS) is 17.9. The number of carbonyl (C=O) groups excluding carboxylic acids is 1. The fourth-order valence-corrected chi connectivity index (χ4v) is 4.51. The van der Waals surface area contributed by atoms with Gasteiger partial charge in [-0.15, -0.1) is 10.2 Å². The summed E-state index contributed by atoms with van der Waals surface area (Å²) in [5.74, 6) is 2.46. The third-order valence-corrected chi connectivity index (χ3v) is 6.71. The molecule has 2 aliphatic rings. The summed E-state index contributed by atoms with van der Waals surface area (Å²) < 4.78 is 37.3. The molecule has 4 rings (SSSR count). The van der Waals surface area contributed by atoms with Crippen LogP contribution < -0.4 is 15.1 Å². The van der Waals surface area contributed by atoms with Crippen LogP contribution in [0.15, 0.2) is 41.3 Å². The van der Waals surface area contributed by atoms with E-state index in [0.717, 1.165) is 30.6 Å².